The lowest BCUT2D eigenvalue weighted by Gasteiger charge is -2.07. The Morgan fingerprint density at radius 3 is 2.43 bits per heavy atom. The number of fused-ring (bicyclic) bond motifs is 1. The second-order valence-corrected chi connectivity index (χ2v) is 9.01. The summed E-state index contributed by atoms with van der Waals surface area (Å²) >= 11 is 5.77. The van der Waals surface area contributed by atoms with Crippen LogP contribution in [0, 0.1) is 5.82 Å². The largest absolute Gasteiger partial charge is 0.338 e. The summed E-state index contributed by atoms with van der Waals surface area (Å²) in [5.74, 6) is -1.15. The van der Waals surface area contributed by atoms with E-state index < -0.39 is 21.5 Å². The van der Waals surface area contributed by atoms with E-state index in [1.807, 2.05) is 0 Å². The third kappa shape index (κ3) is 4.34. The normalized spacial score (nSPS) is 11.5. The molecule has 4 aromatic rings. The molecule has 0 atom stereocenters. The lowest BCUT2D eigenvalue weighted by atomic mass is 10.2. The second-order valence-electron chi connectivity index (χ2n) is 6.59. The Labute approximate surface area is 176 Å². The average molecular weight is 444 g/mol. The number of imidazole rings is 1. The van der Waals surface area contributed by atoms with E-state index in [0.29, 0.717) is 33.1 Å². The molecule has 152 valence electrons. The molecular weight excluding hydrogens is 429 g/mol. The summed E-state index contributed by atoms with van der Waals surface area (Å²) in [6, 6.07) is 16.5. The molecule has 3 aromatic carbocycles. The van der Waals surface area contributed by atoms with Crippen LogP contribution in [0.5, 0.6) is 0 Å². The molecule has 1 heterocycles. The Hall–Kier alpha value is -3.23. The van der Waals surface area contributed by atoms with Crippen molar-refractivity contribution in [1.29, 1.82) is 0 Å². The van der Waals surface area contributed by atoms with Crippen molar-refractivity contribution >= 4 is 44.1 Å². The number of anilines is 1. The van der Waals surface area contributed by atoms with E-state index in [-0.39, 0.29) is 10.7 Å². The van der Waals surface area contributed by atoms with Crippen LogP contribution in [0.2, 0.25) is 5.02 Å². The quantitative estimate of drug-likeness (QED) is 0.477. The highest BCUT2D eigenvalue weighted by atomic mass is 35.5. The fraction of sp³-hybridized carbons (Fsp3) is 0.0476. The minimum atomic E-state index is -3.80. The summed E-state index contributed by atoms with van der Waals surface area (Å²) < 4.78 is 37.9. The van der Waals surface area contributed by atoms with Crippen LogP contribution >= 0.6 is 11.6 Å². The Morgan fingerprint density at radius 2 is 1.73 bits per heavy atom. The molecule has 2 N–H and O–H groups in total. The Morgan fingerprint density at radius 1 is 1.03 bits per heavy atom. The maximum atomic E-state index is 13.1. The molecule has 0 aliphatic rings. The number of H-pyrrole nitrogens is 1. The van der Waals surface area contributed by atoms with Gasteiger partial charge in [-0.3, -0.25) is 4.79 Å². The van der Waals surface area contributed by atoms with Crippen molar-refractivity contribution in [2.45, 2.75) is 4.90 Å². The number of hydrogen-bond donors (Lipinski definition) is 2. The van der Waals surface area contributed by atoms with Crippen LogP contribution in [0.15, 0.2) is 71.6 Å². The van der Waals surface area contributed by atoms with Crippen molar-refractivity contribution < 1.29 is 17.6 Å². The first-order valence-corrected chi connectivity index (χ1v) is 10.9. The van der Waals surface area contributed by atoms with Gasteiger partial charge in [0.05, 0.1) is 15.9 Å². The van der Waals surface area contributed by atoms with Gasteiger partial charge in [0, 0.05) is 16.3 Å². The van der Waals surface area contributed by atoms with Gasteiger partial charge in [0.25, 0.3) is 0 Å². The van der Waals surface area contributed by atoms with Gasteiger partial charge in [0.1, 0.15) is 17.4 Å². The van der Waals surface area contributed by atoms with Crippen molar-refractivity contribution in [1.82, 2.24) is 9.97 Å². The monoisotopic (exact) mass is 443 g/mol. The molecule has 9 heteroatoms. The first kappa shape index (κ1) is 20.1. The average Bonchev–Trinajstić information content (AvgIpc) is 3.11. The van der Waals surface area contributed by atoms with E-state index in [2.05, 4.69) is 15.3 Å². The van der Waals surface area contributed by atoms with Gasteiger partial charge in [-0.15, -0.1) is 0 Å². The molecular formula is C21H15ClFN3O3S. The van der Waals surface area contributed by atoms with E-state index >= 15 is 0 Å². The number of rotatable bonds is 5. The summed E-state index contributed by atoms with van der Waals surface area (Å²) in [4.78, 5) is 19.9. The van der Waals surface area contributed by atoms with Crippen molar-refractivity contribution in [3.8, 4) is 11.4 Å². The number of carbonyl (C=O) groups is 1. The number of sulfone groups is 1. The number of hydrogen-bond acceptors (Lipinski definition) is 4. The standard InChI is InChI=1S/C21H15ClFN3O3S/c22-14-3-8-17(9-4-14)30(28,29)12-20(27)24-16-7-10-18-19(11-16)26-21(25-18)13-1-5-15(23)6-2-13/h1-11H,12H2,(H,24,27)(H,25,26). The van der Waals surface area contributed by atoms with E-state index in [0.717, 1.165) is 0 Å². The molecule has 1 amide bonds. The van der Waals surface area contributed by atoms with E-state index in [1.165, 1.54) is 36.4 Å². The number of nitrogens with zero attached hydrogens (tertiary/aromatic N) is 1. The van der Waals surface area contributed by atoms with Crippen LogP contribution in [0.3, 0.4) is 0 Å². The third-order valence-corrected chi connectivity index (χ3v) is 6.26. The summed E-state index contributed by atoms with van der Waals surface area (Å²) in [5.41, 5.74) is 2.44. The van der Waals surface area contributed by atoms with Gasteiger partial charge in [-0.05, 0) is 66.7 Å². The van der Waals surface area contributed by atoms with Crippen molar-refractivity contribution in [2.75, 3.05) is 11.1 Å². The van der Waals surface area contributed by atoms with Crippen molar-refractivity contribution in [3.63, 3.8) is 0 Å². The second kappa shape index (κ2) is 7.89. The van der Waals surface area contributed by atoms with E-state index in [1.54, 1.807) is 30.3 Å². The predicted octanol–water partition coefficient (Wildman–Crippen LogP) is 4.43. The lowest BCUT2D eigenvalue weighted by molar-refractivity contribution is -0.113. The minimum absolute atomic E-state index is 0.0232. The molecule has 0 aliphatic heterocycles. The van der Waals surface area contributed by atoms with Gasteiger partial charge in [0.2, 0.25) is 5.91 Å². The molecule has 0 saturated heterocycles. The van der Waals surface area contributed by atoms with Crippen LogP contribution in [-0.2, 0) is 14.6 Å². The van der Waals surface area contributed by atoms with Crippen molar-refractivity contribution in [2.24, 2.45) is 0 Å². The Balaban J connectivity index is 1.51. The number of amides is 1. The molecule has 0 spiro atoms. The van der Waals surface area contributed by atoms with Crippen molar-refractivity contribution in [3.05, 3.63) is 77.6 Å². The van der Waals surface area contributed by atoms with Crippen LogP contribution in [0.25, 0.3) is 22.4 Å². The third-order valence-electron chi connectivity index (χ3n) is 4.38. The fourth-order valence-corrected chi connectivity index (χ4v) is 4.19. The number of nitrogens with one attached hydrogen (secondary N) is 2. The first-order valence-electron chi connectivity index (χ1n) is 8.84. The summed E-state index contributed by atoms with van der Waals surface area (Å²) in [6.45, 7) is 0. The van der Waals surface area contributed by atoms with Crippen LogP contribution in [0.1, 0.15) is 0 Å². The number of aromatic amines is 1. The lowest BCUT2D eigenvalue weighted by Crippen LogP contribution is -2.23. The van der Waals surface area contributed by atoms with Gasteiger partial charge >= 0.3 is 0 Å². The topological polar surface area (TPSA) is 91.9 Å². The van der Waals surface area contributed by atoms with Gasteiger partial charge in [-0.1, -0.05) is 11.6 Å². The fourth-order valence-electron chi connectivity index (χ4n) is 2.93. The minimum Gasteiger partial charge on any atom is -0.338 e. The molecule has 0 unspecified atom stereocenters. The maximum absolute atomic E-state index is 13.1. The van der Waals surface area contributed by atoms with Crippen LogP contribution < -0.4 is 5.32 Å². The highest BCUT2D eigenvalue weighted by Crippen LogP contribution is 2.23. The number of carbonyl (C=O) groups excluding carboxylic acids is 1. The van der Waals surface area contributed by atoms with Crippen LogP contribution in [0.4, 0.5) is 10.1 Å². The summed E-state index contributed by atoms with van der Waals surface area (Å²) in [6.07, 6.45) is 0. The molecule has 30 heavy (non-hydrogen) atoms. The number of halogens is 2. The zero-order valence-electron chi connectivity index (χ0n) is 15.4. The Kier molecular flexibility index (Phi) is 5.27. The Bertz CT molecular complexity index is 1330. The molecule has 0 radical (unpaired) electrons. The summed E-state index contributed by atoms with van der Waals surface area (Å²) in [7, 11) is -3.80. The molecule has 0 saturated carbocycles. The van der Waals surface area contributed by atoms with Gasteiger partial charge in [-0.25, -0.2) is 17.8 Å². The van der Waals surface area contributed by atoms with Gasteiger partial charge in [0.15, 0.2) is 9.84 Å². The molecule has 0 fully saturated rings. The molecule has 0 bridgehead atoms. The molecule has 4 rings (SSSR count). The van der Waals surface area contributed by atoms with Gasteiger partial charge in [-0.2, -0.15) is 0 Å². The summed E-state index contributed by atoms with van der Waals surface area (Å²) in [5, 5.41) is 2.99. The van der Waals surface area contributed by atoms with E-state index in [4.69, 9.17) is 11.6 Å². The molecule has 0 aliphatic carbocycles. The first-order chi connectivity index (χ1) is 14.3. The number of aromatic nitrogens is 2. The van der Waals surface area contributed by atoms with Gasteiger partial charge < -0.3 is 10.3 Å². The SMILES string of the molecule is O=C(CS(=O)(=O)c1ccc(Cl)cc1)Nc1ccc2nc(-c3ccc(F)cc3)[nH]c2c1. The maximum Gasteiger partial charge on any atom is 0.239 e. The molecule has 1 aromatic heterocycles. The van der Waals surface area contributed by atoms with E-state index in [9.17, 15) is 17.6 Å². The predicted molar refractivity (Wildman–Crippen MR) is 114 cm³/mol. The molecule has 6 nitrogen and oxygen atoms in total. The highest BCUT2D eigenvalue weighted by Gasteiger charge is 2.19. The van der Waals surface area contributed by atoms with Crippen LogP contribution in [-0.4, -0.2) is 30.0 Å². The zero-order valence-corrected chi connectivity index (χ0v) is 17.0. The number of benzene rings is 3. The smallest absolute Gasteiger partial charge is 0.239 e. The zero-order chi connectivity index (χ0) is 21.3. The highest BCUT2D eigenvalue weighted by molar-refractivity contribution is 7.92.